The number of hydrogen-bond donors (Lipinski definition) is 7. The van der Waals surface area contributed by atoms with E-state index in [2.05, 4.69) is 0 Å². The number of methoxy groups -OCH3 is 2. The van der Waals surface area contributed by atoms with Crippen LogP contribution < -0.4 is 9.47 Å². The molecule has 11 nitrogen and oxygen atoms in total. The molecule has 160 valence electrons. The summed E-state index contributed by atoms with van der Waals surface area (Å²) in [5.41, 5.74) is 0.163. The zero-order valence-electron chi connectivity index (χ0n) is 15.4. The van der Waals surface area contributed by atoms with Gasteiger partial charge in [0.05, 0.1) is 27.4 Å². The number of phenolic OH excluding ortho intramolecular Hbond substituents is 1. The van der Waals surface area contributed by atoms with E-state index in [4.69, 9.17) is 24.1 Å². The van der Waals surface area contributed by atoms with Gasteiger partial charge in [0.1, 0.15) is 36.6 Å². The zero-order valence-corrected chi connectivity index (χ0v) is 15.4. The van der Waals surface area contributed by atoms with Crippen molar-refractivity contribution in [2.75, 3.05) is 27.4 Å². The van der Waals surface area contributed by atoms with Crippen molar-refractivity contribution in [2.45, 2.75) is 42.9 Å². The molecule has 0 amide bonds. The van der Waals surface area contributed by atoms with Gasteiger partial charge in [-0.05, 0) is 17.7 Å². The topological polar surface area (TPSA) is 179 Å². The van der Waals surface area contributed by atoms with E-state index < -0.39 is 56.1 Å². The number of aliphatic hydroxyl groups is 6. The molecular weight excluding hydrogens is 380 g/mol. The van der Waals surface area contributed by atoms with Gasteiger partial charge in [-0.1, -0.05) is 0 Å². The first kappa shape index (κ1) is 22.6. The molecule has 7 atom stereocenters. The van der Waals surface area contributed by atoms with Gasteiger partial charge in [-0.15, -0.1) is 0 Å². The lowest BCUT2D eigenvalue weighted by atomic mass is 9.99. The molecule has 0 saturated carbocycles. The lowest BCUT2D eigenvalue weighted by Crippen LogP contribution is -2.59. The van der Waals surface area contributed by atoms with Crippen molar-refractivity contribution >= 4 is 0 Å². The van der Waals surface area contributed by atoms with Crippen molar-refractivity contribution in [1.82, 2.24) is 0 Å². The van der Waals surface area contributed by atoms with Crippen LogP contribution in [0.5, 0.6) is 17.2 Å². The number of benzene rings is 1. The van der Waals surface area contributed by atoms with Gasteiger partial charge in [-0.2, -0.15) is 0 Å². The van der Waals surface area contributed by atoms with Gasteiger partial charge < -0.3 is 54.7 Å². The smallest absolute Gasteiger partial charge is 0.200 e. The quantitative estimate of drug-likeness (QED) is 0.245. The molecule has 1 aliphatic heterocycles. The van der Waals surface area contributed by atoms with Crippen molar-refractivity contribution in [2.24, 2.45) is 0 Å². The molecule has 0 bridgehead atoms. The SMILES string of the molecule is COc1cc([C@H](O)[C@@H](O)CO[C@@H]2O[C@H](CO)[C@@H](O)[C@H](O)[C@H]2O)cc(OC)c1O. The molecule has 0 aromatic heterocycles. The Hall–Kier alpha value is -1.70. The second-order valence-electron chi connectivity index (χ2n) is 6.32. The summed E-state index contributed by atoms with van der Waals surface area (Å²) in [7, 11) is 2.62. The Morgan fingerprint density at radius 2 is 1.57 bits per heavy atom. The van der Waals surface area contributed by atoms with E-state index in [1.807, 2.05) is 0 Å². The lowest BCUT2D eigenvalue weighted by molar-refractivity contribution is -0.306. The van der Waals surface area contributed by atoms with Crippen LogP contribution in [-0.4, -0.2) is 100.0 Å². The number of aliphatic hydroxyl groups excluding tert-OH is 6. The minimum Gasteiger partial charge on any atom is -0.502 e. The van der Waals surface area contributed by atoms with Crippen molar-refractivity contribution in [3.63, 3.8) is 0 Å². The summed E-state index contributed by atoms with van der Waals surface area (Å²) in [6.45, 7) is -1.14. The number of aromatic hydroxyl groups is 1. The van der Waals surface area contributed by atoms with Crippen LogP contribution in [0.15, 0.2) is 12.1 Å². The molecule has 28 heavy (non-hydrogen) atoms. The molecule has 0 radical (unpaired) electrons. The Kier molecular flexibility index (Phi) is 7.80. The van der Waals surface area contributed by atoms with Crippen molar-refractivity contribution in [1.29, 1.82) is 0 Å². The summed E-state index contributed by atoms with van der Waals surface area (Å²) in [4.78, 5) is 0. The molecule has 0 aliphatic carbocycles. The predicted octanol–water partition coefficient (Wildman–Crippen LogP) is -2.38. The van der Waals surface area contributed by atoms with E-state index in [0.717, 1.165) is 0 Å². The van der Waals surface area contributed by atoms with Crippen molar-refractivity contribution in [3.05, 3.63) is 17.7 Å². The standard InChI is InChI=1S/C17H26O11/c1-25-9-3-7(4-10(26-2)13(9)21)12(20)8(19)6-27-17-16(24)15(23)14(22)11(5-18)28-17/h3-4,8,11-12,14-24H,5-6H2,1-2H3/t8-,11+,12-,14+,15-,16+,17+/m0/s1. The average molecular weight is 406 g/mol. The second-order valence-corrected chi connectivity index (χ2v) is 6.32. The van der Waals surface area contributed by atoms with Gasteiger partial charge in [-0.3, -0.25) is 0 Å². The van der Waals surface area contributed by atoms with Crippen LogP contribution in [-0.2, 0) is 9.47 Å². The number of phenols is 1. The summed E-state index contributed by atoms with van der Waals surface area (Å²) in [6.07, 6.45) is -10.4. The van der Waals surface area contributed by atoms with Crippen LogP contribution in [0.2, 0.25) is 0 Å². The fourth-order valence-corrected chi connectivity index (χ4v) is 2.80. The monoisotopic (exact) mass is 406 g/mol. The fourth-order valence-electron chi connectivity index (χ4n) is 2.80. The second kappa shape index (κ2) is 9.67. The first-order valence-corrected chi connectivity index (χ1v) is 8.48. The molecule has 0 unspecified atom stereocenters. The third-order valence-corrected chi connectivity index (χ3v) is 4.49. The third-order valence-electron chi connectivity index (χ3n) is 4.49. The van der Waals surface area contributed by atoms with E-state index in [0.29, 0.717) is 0 Å². The maximum absolute atomic E-state index is 10.4. The van der Waals surface area contributed by atoms with Crippen LogP contribution in [0.1, 0.15) is 11.7 Å². The molecule has 1 saturated heterocycles. The number of ether oxygens (including phenoxy) is 4. The molecule has 1 aliphatic rings. The molecule has 1 fully saturated rings. The molecule has 1 aromatic rings. The normalized spacial score (nSPS) is 29.9. The maximum atomic E-state index is 10.4. The Morgan fingerprint density at radius 1 is 1.00 bits per heavy atom. The van der Waals surface area contributed by atoms with Gasteiger partial charge in [0.15, 0.2) is 17.8 Å². The highest BCUT2D eigenvalue weighted by molar-refractivity contribution is 5.53. The molecule has 1 heterocycles. The minimum absolute atomic E-state index is 0.0236. The minimum atomic E-state index is -1.63. The van der Waals surface area contributed by atoms with E-state index in [9.17, 15) is 30.6 Å². The van der Waals surface area contributed by atoms with Gasteiger partial charge in [-0.25, -0.2) is 0 Å². The first-order chi connectivity index (χ1) is 13.2. The fraction of sp³-hybridized carbons (Fsp3) is 0.647. The average Bonchev–Trinajstić information content (AvgIpc) is 2.70. The van der Waals surface area contributed by atoms with Crippen molar-refractivity contribution < 1.29 is 54.7 Å². The van der Waals surface area contributed by atoms with Gasteiger partial charge in [0, 0.05) is 0 Å². The van der Waals surface area contributed by atoms with E-state index in [1.165, 1.54) is 26.4 Å². The zero-order chi connectivity index (χ0) is 21.0. The summed E-state index contributed by atoms with van der Waals surface area (Å²) in [5, 5.41) is 69.0. The molecule has 0 spiro atoms. The Labute approximate surface area is 160 Å². The maximum Gasteiger partial charge on any atom is 0.200 e. The van der Waals surface area contributed by atoms with Crippen LogP contribution in [0.3, 0.4) is 0 Å². The van der Waals surface area contributed by atoms with Crippen LogP contribution in [0.25, 0.3) is 0 Å². The molecule has 1 aromatic carbocycles. The van der Waals surface area contributed by atoms with Gasteiger partial charge in [0.25, 0.3) is 0 Å². The molecule has 7 N–H and O–H groups in total. The van der Waals surface area contributed by atoms with Crippen molar-refractivity contribution in [3.8, 4) is 17.2 Å². The Morgan fingerprint density at radius 3 is 2.07 bits per heavy atom. The van der Waals surface area contributed by atoms with E-state index >= 15 is 0 Å². The lowest BCUT2D eigenvalue weighted by Gasteiger charge is -2.39. The highest BCUT2D eigenvalue weighted by Crippen LogP contribution is 2.39. The summed E-state index contributed by atoms with van der Waals surface area (Å²) < 4.78 is 20.4. The third kappa shape index (κ3) is 4.64. The predicted molar refractivity (Wildman–Crippen MR) is 91.9 cm³/mol. The largest absolute Gasteiger partial charge is 0.502 e. The van der Waals surface area contributed by atoms with Crippen LogP contribution in [0, 0.1) is 0 Å². The summed E-state index contributed by atoms with van der Waals surface area (Å²) in [6, 6.07) is 2.61. The number of rotatable bonds is 8. The summed E-state index contributed by atoms with van der Waals surface area (Å²) in [5.74, 6) is -0.223. The Balaban J connectivity index is 2.05. The highest BCUT2D eigenvalue weighted by Gasteiger charge is 2.44. The molecular formula is C17H26O11. The van der Waals surface area contributed by atoms with Crippen LogP contribution in [0.4, 0.5) is 0 Å². The molecule has 2 rings (SSSR count). The highest BCUT2D eigenvalue weighted by atomic mass is 16.7. The van der Waals surface area contributed by atoms with Crippen LogP contribution >= 0.6 is 0 Å². The molecule has 11 heteroatoms. The van der Waals surface area contributed by atoms with Gasteiger partial charge in [0.2, 0.25) is 5.75 Å². The summed E-state index contributed by atoms with van der Waals surface area (Å²) >= 11 is 0. The van der Waals surface area contributed by atoms with E-state index in [1.54, 1.807) is 0 Å². The first-order valence-electron chi connectivity index (χ1n) is 8.48. The van der Waals surface area contributed by atoms with Gasteiger partial charge >= 0.3 is 0 Å². The van der Waals surface area contributed by atoms with E-state index in [-0.39, 0.29) is 22.8 Å². The number of hydrogen-bond acceptors (Lipinski definition) is 11. The Bertz CT molecular complexity index is 613.